The Morgan fingerprint density at radius 3 is 2.29 bits per heavy atom. The second-order valence-corrected chi connectivity index (χ2v) is 7.33. The van der Waals surface area contributed by atoms with E-state index in [0.29, 0.717) is 31.0 Å². The van der Waals surface area contributed by atoms with E-state index >= 15 is 0 Å². The summed E-state index contributed by atoms with van der Waals surface area (Å²) in [6.07, 6.45) is 1.35. The van der Waals surface area contributed by atoms with Gasteiger partial charge in [0.1, 0.15) is 16.5 Å². The highest BCUT2D eigenvalue weighted by atomic mass is 32.2. The minimum Gasteiger partial charge on any atom is -0.355 e. The summed E-state index contributed by atoms with van der Waals surface area (Å²) in [5.41, 5.74) is 0.557. The molecular weight excluding hydrogens is 329 g/mol. The fourth-order valence-corrected chi connectivity index (χ4v) is 3.83. The lowest BCUT2D eigenvalue weighted by molar-refractivity contribution is 0.445. The molecular formula is C17H22FN3O2S. The average molecular weight is 351 g/mol. The maximum absolute atomic E-state index is 13.7. The van der Waals surface area contributed by atoms with Crippen molar-refractivity contribution in [2.75, 3.05) is 25.0 Å². The van der Waals surface area contributed by atoms with Crippen LogP contribution in [0.3, 0.4) is 0 Å². The molecule has 0 atom stereocenters. The third kappa shape index (κ3) is 3.91. The van der Waals surface area contributed by atoms with Crippen LogP contribution in [0, 0.1) is 5.82 Å². The molecule has 0 amide bonds. The standard InChI is InChI=1S/C17H22FN3O2S/c1-4-21(5-2)24(22,23)15-10-11-17(19-12-15)20(3)13-14-8-6-7-9-16(14)18/h6-12H,4-5,13H2,1-3H3. The Morgan fingerprint density at radius 2 is 1.75 bits per heavy atom. The lowest BCUT2D eigenvalue weighted by Gasteiger charge is -2.20. The largest absolute Gasteiger partial charge is 0.355 e. The zero-order chi connectivity index (χ0) is 17.7. The Hall–Kier alpha value is -1.99. The molecule has 0 unspecified atom stereocenters. The molecule has 24 heavy (non-hydrogen) atoms. The first kappa shape index (κ1) is 18.4. The van der Waals surface area contributed by atoms with E-state index in [2.05, 4.69) is 4.98 Å². The van der Waals surface area contributed by atoms with Crippen LogP contribution in [0.4, 0.5) is 10.2 Å². The molecule has 0 saturated heterocycles. The average Bonchev–Trinajstić information content (AvgIpc) is 2.58. The zero-order valence-corrected chi connectivity index (χ0v) is 14.9. The van der Waals surface area contributed by atoms with Gasteiger partial charge in [-0.3, -0.25) is 0 Å². The zero-order valence-electron chi connectivity index (χ0n) is 14.1. The third-order valence-corrected chi connectivity index (χ3v) is 5.85. The molecule has 0 N–H and O–H groups in total. The molecule has 0 radical (unpaired) electrons. The molecule has 0 spiro atoms. The van der Waals surface area contributed by atoms with Crippen molar-refractivity contribution in [2.45, 2.75) is 25.3 Å². The molecule has 1 heterocycles. The first-order chi connectivity index (χ1) is 11.4. The number of aromatic nitrogens is 1. The quantitative estimate of drug-likeness (QED) is 0.770. The summed E-state index contributed by atoms with van der Waals surface area (Å²) in [6, 6.07) is 9.72. The number of anilines is 1. The SMILES string of the molecule is CCN(CC)S(=O)(=O)c1ccc(N(C)Cc2ccccc2F)nc1. The Bertz CT molecular complexity index is 775. The molecule has 2 rings (SSSR count). The van der Waals surface area contributed by atoms with E-state index in [1.807, 2.05) is 0 Å². The second-order valence-electron chi connectivity index (χ2n) is 5.39. The van der Waals surface area contributed by atoms with Gasteiger partial charge in [-0.2, -0.15) is 4.31 Å². The molecule has 130 valence electrons. The molecule has 7 heteroatoms. The van der Waals surface area contributed by atoms with E-state index in [-0.39, 0.29) is 10.7 Å². The van der Waals surface area contributed by atoms with Crippen LogP contribution in [0.1, 0.15) is 19.4 Å². The van der Waals surface area contributed by atoms with Gasteiger partial charge >= 0.3 is 0 Å². The van der Waals surface area contributed by atoms with E-state index in [1.54, 1.807) is 50.1 Å². The summed E-state index contributed by atoms with van der Waals surface area (Å²) in [6.45, 7) is 4.76. The summed E-state index contributed by atoms with van der Waals surface area (Å²) < 4.78 is 40.0. The van der Waals surface area contributed by atoms with Crippen LogP contribution in [-0.4, -0.2) is 37.8 Å². The molecule has 0 aliphatic carbocycles. The molecule has 5 nitrogen and oxygen atoms in total. The van der Waals surface area contributed by atoms with Crippen molar-refractivity contribution >= 4 is 15.8 Å². The Labute approximate surface area is 142 Å². The van der Waals surface area contributed by atoms with E-state index in [4.69, 9.17) is 0 Å². The van der Waals surface area contributed by atoms with Crippen LogP contribution in [0.5, 0.6) is 0 Å². The van der Waals surface area contributed by atoms with Gasteiger partial charge in [-0.15, -0.1) is 0 Å². The number of hydrogen-bond acceptors (Lipinski definition) is 4. The van der Waals surface area contributed by atoms with Crippen LogP contribution in [0.2, 0.25) is 0 Å². The van der Waals surface area contributed by atoms with Crippen molar-refractivity contribution in [3.63, 3.8) is 0 Å². The molecule has 0 fully saturated rings. The highest BCUT2D eigenvalue weighted by molar-refractivity contribution is 7.89. The summed E-state index contributed by atoms with van der Waals surface area (Å²) in [4.78, 5) is 6.15. The van der Waals surface area contributed by atoms with Crippen LogP contribution in [0.25, 0.3) is 0 Å². The monoisotopic (exact) mass is 351 g/mol. The fraction of sp³-hybridized carbons (Fsp3) is 0.353. The lowest BCUT2D eigenvalue weighted by Crippen LogP contribution is -2.30. The van der Waals surface area contributed by atoms with Crippen molar-refractivity contribution < 1.29 is 12.8 Å². The highest BCUT2D eigenvalue weighted by Crippen LogP contribution is 2.19. The molecule has 0 aliphatic heterocycles. The van der Waals surface area contributed by atoms with Gasteiger partial charge in [0.15, 0.2) is 0 Å². The van der Waals surface area contributed by atoms with Crippen LogP contribution >= 0.6 is 0 Å². The molecule has 0 aliphatic rings. The topological polar surface area (TPSA) is 53.5 Å². The molecule has 1 aromatic carbocycles. The van der Waals surface area contributed by atoms with E-state index < -0.39 is 10.0 Å². The Kier molecular flexibility index (Phi) is 5.90. The first-order valence-electron chi connectivity index (χ1n) is 7.80. The molecule has 0 bridgehead atoms. The van der Waals surface area contributed by atoms with Crippen molar-refractivity contribution in [1.29, 1.82) is 0 Å². The molecule has 0 saturated carbocycles. The van der Waals surface area contributed by atoms with E-state index in [0.717, 1.165) is 0 Å². The van der Waals surface area contributed by atoms with Crippen molar-refractivity contribution in [3.8, 4) is 0 Å². The van der Waals surface area contributed by atoms with E-state index in [1.165, 1.54) is 22.6 Å². The maximum Gasteiger partial charge on any atom is 0.244 e. The fourth-order valence-electron chi connectivity index (χ4n) is 2.43. The predicted octanol–water partition coefficient (Wildman–Crippen LogP) is 2.89. The summed E-state index contributed by atoms with van der Waals surface area (Å²) in [5.74, 6) is 0.307. The maximum atomic E-state index is 13.7. The second kappa shape index (κ2) is 7.72. The van der Waals surface area contributed by atoms with Crippen molar-refractivity contribution in [2.24, 2.45) is 0 Å². The smallest absolute Gasteiger partial charge is 0.244 e. The van der Waals surface area contributed by atoms with Crippen LogP contribution < -0.4 is 4.90 Å². The predicted molar refractivity (Wildman–Crippen MR) is 92.9 cm³/mol. The number of pyridine rings is 1. The minimum absolute atomic E-state index is 0.161. The number of benzene rings is 1. The van der Waals surface area contributed by atoms with Crippen LogP contribution in [0.15, 0.2) is 47.5 Å². The van der Waals surface area contributed by atoms with Gasteiger partial charge in [0.25, 0.3) is 0 Å². The van der Waals surface area contributed by atoms with Gasteiger partial charge in [-0.25, -0.2) is 17.8 Å². The van der Waals surface area contributed by atoms with Crippen LogP contribution in [-0.2, 0) is 16.6 Å². The Balaban J connectivity index is 2.19. The molecule has 1 aromatic heterocycles. The number of sulfonamides is 1. The van der Waals surface area contributed by atoms with E-state index in [9.17, 15) is 12.8 Å². The first-order valence-corrected chi connectivity index (χ1v) is 9.24. The number of nitrogens with zero attached hydrogens (tertiary/aromatic N) is 3. The lowest BCUT2D eigenvalue weighted by atomic mass is 10.2. The minimum atomic E-state index is -3.52. The number of hydrogen-bond donors (Lipinski definition) is 0. The highest BCUT2D eigenvalue weighted by Gasteiger charge is 2.22. The van der Waals surface area contributed by atoms with Gasteiger partial charge in [0.2, 0.25) is 10.0 Å². The van der Waals surface area contributed by atoms with Gasteiger partial charge in [0.05, 0.1) is 0 Å². The summed E-state index contributed by atoms with van der Waals surface area (Å²) >= 11 is 0. The van der Waals surface area contributed by atoms with Gasteiger partial charge in [-0.1, -0.05) is 32.0 Å². The van der Waals surface area contributed by atoms with Gasteiger partial charge in [0, 0.05) is 38.4 Å². The molecule has 2 aromatic rings. The summed E-state index contributed by atoms with van der Waals surface area (Å²) in [7, 11) is -1.73. The normalized spacial score (nSPS) is 11.7. The van der Waals surface area contributed by atoms with Crippen molar-refractivity contribution in [1.82, 2.24) is 9.29 Å². The van der Waals surface area contributed by atoms with Crippen molar-refractivity contribution in [3.05, 3.63) is 54.0 Å². The summed E-state index contributed by atoms with van der Waals surface area (Å²) in [5, 5.41) is 0. The number of rotatable bonds is 7. The number of halogens is 1. The Morgan fingerprint density at radius 1 is 1.08 bits per heavy atom. The third-order valence-electron chi connectivity index (χ3n) is 3.82. The van der Waals surface area contributed by atoms with Gasteiger partial charge in [-0.05, 0) is 18.2 Å². The van der Waals surface area contributed by atoms with Gasteiger partial charge < -0.3 is 4.90 Å².